The molecule has 2 amide bonds. The Morgan fingerprint density at radius 2 is 1.38 bits per heavy atom. The maximum absolute atomic E-state index is 12.6. The number of nitrogens with one attached hydrogen (secondary N) is 2. The summed E-state index contributed by atoms with van der Waals surface area (Å²) in [6.07, 6.45) is 3.17. The second-order valence-corrected chi connectivity index (χ2v) is 13.6. The van der Waals surface area contributed by atoms with Crippen LogP contribution in [-0.4, -0.2) is 39.0 Å². The Morgan fingerprint density at radius 3 is 2.04 bits per heavy atom. The largest absolute Gasteiger partial charge is 0.431 e. The van der Waals surface area contributed by atoms with Crippen molar-refractivity contribution < 1.29 is 33.8 Å². The Bertz CT molecular complexity index is 1810. The van der Waals surface area contributed by atoms with Gasteiger partial charge in [0.25, 0.3) is 5.22 Å². The molecule has 0 aliphatic carbocycles. The van der Waals surface area contributed by atoms with Crippen molar-refractivity contribution in [2.75, 3.05) is 11.1 Å². The molecule has 52 heavy (non-hydrogen) atoms. The lowest BCUT2D eigenvalue weighted by atomic mass is 10.0. The van der Waals surface area contributed by atoms with E-state index in [1.807, 2.05) is 109 Å². The van der Waals surface area contributed by atoms with Gasteiger partial charge in [-0.15, -0.1) is 0 Å². The van der Waals surface area contributed by atoms with Crippen molar-refractivity contribution in [1.82, 2.24) is 10.5 Å². The molecular weight excluding hydrogens is 679 g/mol. The Labute approximate surface area is 307 Å². The maximum atomic E-state index is 12.6. The number of unbranched alkanes of at least 4 members (excludes halogenated alkanes) is 3. The van der Waals surface area contributed by atoms with Crippen LogP contribution in [0.15, 0.2) is 119 Å². The fourth-order valence-corrected chi connectivity index (χ4v) is 6.89. The molecule has 0 radical (unpaired) electrons. The summed E-state index contributed by atoms with van der Waals surface area (Å²) in [7, 11) is 0. The SMILES string of the molecule is O=C(CCCCCCC(=O)Nc1ccc(C2OC(CSc3nc(-c4ccccc4)c(-c4ccccc4)o3)CC(c3ccc(CO)cc3)O2)cc1)NO. The zero-order chi connectivity index (χ0) is 36.1. The quantitative estimate of drug-likeness (QED) is 0.0341. The Hall–Kier alpha value is -4.78. The van der Waals surface area contributed by atoms with Crippen LogP contribution in [0.1, 0.15) is 74.0 Å². The number of nitrogens with zero attached hydrogens (tertiary/aromatic N) is 1. The summed E-state index contributed by atoms with van der Waals surface area (Å²) in [6.45, 7) is -0.0305. The van der Waals surface area contributed by atoms with Gasteiger partial charge in [0.2, 0.25) is 11.8 Å². The number of hydrogen-bond acceptors (Lipinski definition) is 9. The highest BCUT2D eigenvalue weighted by Crippen LogP contribution is 2.41. The summed E-state index contributed by atoms with van der Waals surface area (Å²) in [5.74, 6) is 0.829. The summed E-state index contributed by atoms with van der Waals surface area (Å²) in [5, 5.41) is 21.7. The molecule has 5 aromatic rings. The van der Waals surface area contributed by atoms with Crippen LogP contribution in [0.4, 0.5) is 5.69 Å². The summed E-state index contributed by atoms with van der Waals surface area (Å²) < 4.78 is 19.4. The number of oxazole rings is 1. The molecule has 3 unspecified atom stereocenters. The molecular formula is C41H43N3O7S. The second-order valence-electron chi connectivity index (χ2n) is 12.7. The van der Waals surface area contributed by atoms with Gasteiger partial charge in [0.15, 0.2) is 12.1 Å². The molecule has 6 rings (SSSR count). The van der Waals surface area contributed by atoms with Crippen molar-refractivity contribution in [2.45, 2.75) is 75.3 Å². The van der Waals surface area contributed by atoms with Gasteiger partial charge in [0.05, 0.1) is 18.8 Å². The number of ether oxygens (including phenoxy) is 2. The summed E-state index contributed by atoms with van der Waals surface area (Å²) in [5.41, 5.74) is 7.69. The first-order valence-electron chi connectivity index (χ1n) is 17.6. The number of aliphatic hydroxyl groups excluding tert-OH is 1. The number of hydroxylamine groups is 1. The highest BCUT2D eigenvalue weighted by molar-refractivity contribution is 7.99. The van der Waals surface area contributed by atoms with Gasteiger partial charge in [0, 0.05) is 47.4 Å². The van der Waals surface area contributed by atoms with E-state index in [0.717, 1.165) is 52.1 Å². The molecule has 4 N–H and O–H groups in total. The molecule has 4 aromatic carbocycles. The molecule has 11 heteroatoms. The summed E-state index contributed by atoms with van der Waals surface area (Å²) in [6, 6.07) is 35.3. The predicted octanol–water partition coefficient (Wildman–Crippen LogP) is 8.62. The molecule has 0 bridgehead atoms. The van der Waals surface area contributed by atoms with Gasteiger partial charge in [0.1, 0.15) is 5.69 Å². The minimum absolute atomic E-state index is 0.0305. The van der Waals surface area contributed by atoms with E-state index >= 15 is 0 Å². The normalized spacial score (nSPS) is 17.1. The van der Waals surface area contributed by atoms with Gasteiger partial charge in [-0.3, -0.25) is 14.8 Å². The third-order valence-corrected chi connectivity index (χ3v) is 9.81. The van der Waals surface area contributed by atoms with Crippen molar-refractivity contribution in [1.29, 1.82) is 0 Å². The molecule has 1 saturated heterocycles. The minimum atomic E-state index is -0.649. The fraction of sp³-hybridized carbons (Fsp3) is 0.293. The first kappa shape index (κ1) is 37.0. The number of hydrogen-bond donors (Lipinski definition) is 4. The van der Waals surface area contributed by atoms with Gasteiger partial charge < -0.3 is 24.3 Å². The summed E-state index contributed by atoms with van der Waals surface area (Å²) in [4.78, 5) is 28.6. The standard InChI is InChI=1S/C41H43N3O7S/c45-26-28-17-19-29(20-18-28)35-25-34(27-52-41-43-38(30-11-5-3-6-12-30)39(51-41)31-13-7-4-8-14-31)49-40(50-35)32-21-23-33(24-22-32)42-36(46)15-9-1-2-10-16-37(47)44-48/h3-8,11-14,17-24,34-35,40,45,48H,1-2,9-10,15-16,25-27H2,(H,42,46)(H,44,47). The van der Waals surface area contributed by atoms with E-state index in [9.17, 15) is 14.7 Å². The first-order chi connectivity index (χ1) is 25.5. The third-order valence-electron chi connectivity index (χ3n) is 8.85. The van der Waals surface area contributed by atoms with Crippen molar-refractivity contribution in [3.05, 3.63) is 126 Å². The van der Waals surface area contributed by atoms with E-state index in [1.165, 1.54) is 11.8 Å². The molecule has 3 atom stereocenters. The van der Waals surface area contributed by atoms with Crippen LogP contribution < -0.4 is 10.8 Å². The molecule has 1 aliphatic heterocycles. The number of aliphatic hydroxyl groups is 1. The first-order valence-corrected chi connectivity index (χ1v) is 18.6. The van der Waals surface area contributed by atoms with Crippen molar-refractivity contribution in [2.24, 2.45) is 0 Å². The number of anilines is 1. The summed E-state index contributed by atoms with van der Waals surface area (Å²) >= 11 is 1.51. The molecule has 10 nitrogen and oxygen atoms in total. The van der Waals surface area contributed by atoms with Gasteiger partial charge >= 0.3 is 0 Å². The van der Waals surface area contributed by atoms with E-state index < -0.39 is 12.2 Å². The zero-order valence-corrected chi connectivity index (χ0v) is 29.6. The third kappa shape index (κ3) is 10.2. The van der Waals surface area contributed by atoms with Crippen LogP contribution in [0.3, 0.4) is 0 Å². The van der Waals surface area contributed by atoms with Gasteiger partial charge in [-0.1, -0.05) is 122 Å². The van der Waals surface area contributed by atoms with Crippen LogP contribution in [0.5, 0.6) is 0 Å². The van der Waals surface area contributed by atoms with Crippen LogP contribution in [0.25, 0.3) is 22.6 Å². The number of amides is 2. The second kappa shape index (κ2) is 18.6. The molecule has 0 saturated carbocycles. The molecule has 0 spiro atoms. The maximum Gasteiger partial charge on any atom is 0.256 e. The Balaban J connectivity index is 1.12. The van der Waals surface area contributed by atoms with Crippen molar-refractivity contribution in [3.63, 3.8) is 0 Å². The number of thioether (sulfide) groups is 1. The van der Waals surface area contributed by atoms with Crippen molar-refractivity contribution in [3.8, 4) is 22.6 Å². The molecule has 1 aliphatic rings. The van der Waals surface area contributed by atoms with Gasteiger partial charge in [-0.05, 0) is 36.1 Å². The minimum Gasteiger partial charge on any atom is -0.431 e. The number of rotatable bonds is 16. The van der Waals surface area contributed by atoms with Gasteiger partial charge in [-0.2, -0.15) is 0 Å². The van der Waals surface area contributed by atoms with E-state index in [2.05, 4.69) is 5.32 Å². The van der Waals surface area contributed by atoms with Crippen molar-refractivity contribution >= 4 is 29.3 Å². The Kier molecular flexibility index (Phi) is 13.3. The lowest BCUT2D eigenvalue weighted by Crippen LogP contribution is -2.31. The molecule has 270 valence electrons. The topological polar surface area (TPSA) is 143 Å². The highest BCUT2D eigenvalue weighted by atomic mass is 32.2. The van der Waals surface area contributed by atoms with E-state index in [0.29, 0.717) is 42.3 Å². The van der Waals surface area contributed by atoms with E-state index in [4.69, 9.17) is 24.1 Å². The fourth-order valence-electron chi connectivity index (χ4n) is 6.05. The highest BCUT2D eigenvalue weighted by Gasteiger charge is 2.33. The van der Waals surface area contributed by atoms with E-state index in [-0.39, 0.29) is 31.1 Å². The molecule has 1 aromatic heterocycles. The van der Waals surface area contributed by atoms with Crippen LogP contribution in [0, 0.1) is 0 Å². The number of carbonyl (C=O) groups is 2. The predicted molar refractivity (Wildman–Crippen MR) is 199 cm³/mol. The Morgan fingerprint density at radius 1 is 0.750 bits per heavy atom. The number of benzene rings is 4. The molecule has 1 fully saturated rings. The van der Waals surface area contributed by atoms with Crippen LogP contribution in [-0.2, 0) is 25.7 Å². The number of aromatic nitrogens is 1. The van der Waals surface area contributed by atoms with E-state index in [1.54, 1.807) is 5.48 Å². The smallest absolute Gasteiger partial charge is 0.256 e. The average molecular weight is 722 g/mol. The lowest BCUT2D eigenvalue weighted by Gasteiger charge is -2.36. The van der Waals surface area contributed by atoms with Gasteiger partial charge in [-0.25, -0.2) is 10.5 Å². The molecule has 2 heterocycles. The average Bonchev–Trinajstić information content (AvgIpc) is 3.63. The zero-order valence-electron chi connectivity index (χ0n) is 28.8. The van der Waals surface area contributed by atoms with Crippen LogP contribution in [0.2, 0.25) is 0 Å². The monoisotopic (exact) mass is 721 g/mol. The van der Waals surface area contributed by atoms with Crippen LogP contribution >= 0.6 is 11.8 Å². The lowest BCUT2D eigenvalue weighted by molar-refractivity contribution is -0.245. The number of carbonyl (C=O) groups excluding carboxylic acids is 2.